The first-order valence-electron chi connectivity index (χ1n) is 7.71. The molecule has 2 heterocycles. The highest BCUT2D eigenvalue weighted by Crippen LogP contribution is 2.20. The molecule has 0 spiro atoms. The van der Waals surface area contributed by atoms with Gasteiger partial charge in [0.25, 0.3) is 0 Å². The molecule has 0 radical (unpaired) electrons. The molecule has 5 nitrogen and oxygen atoms in total. The van der Waals surface area contributed by atoms with Crippen molar-refractivity contribution in [3.63, 3.8) is 0 Å². The molecule has 0 N–H and O–H groups in total. The fraction of sp³-hybridized carbons (Fsp3) is 0.100. The van der Waals surface area contributed by atoms with Gasteiger partial charge in [0.05, 0.1) is 0 Å². The van der Waals surface area contributed by atoms with E-state index < -0.39 is 5.97 Å². The van der Waals surface area contributed by atoms with Crippen LogP contribution < -0.4 is 0 Å². The van der Waals surface area contributed by atoms with E-state index in [0.29, 0.717) is 11.4 Å². The van der Waals surface area contributed by atoms with Crippen LogP contribution in [0.15, 0.2) is 60.9 Å². The normalized spacial score (nSPS) is 10.1. The number of aryl methyl sites for hydroxylation is 1. The summed E-state index contributed by atoms with van der Waals surface area (Å²) >= 11 is 0. The lowest BCUT2D eigenvalue weighted by atomic mass is 10.0. The van der Waals surface area contributed by atoms with Crippen LogP contribution in [0.25, 0.3) is 11.1 Å². The smallest absolute Gasteiger partial charge is 0.357 e. The average Bonchev–Trinajstić information content (AvgIpc) is 2.66. The van der Waals surface area contributed by atoms with Gasteiger partial charge in [0.15, 0.2) is 0 Å². The maximum absolute atomic E-state index is 12.1. The van der Waals surface area contributed by atoms with Gasteiger partial charge in [-0.15, -0.1) is 0 Å². The van der Waals surface area contributed by atoms with Gasteiger partial charge in [-0.2, -0.15) is 5.26 Å². The highest BCUT2D eigenvalue weighted by atomic mass is 16.5. The van der Waals surface area contributed by atoms with E-state index >= 15 is 0 Å². The Labute approximate surface area is 145 Å². The summed E-state index contributed by atoms with van der Waals surface area (Å²) in [4.78, 5) is 20.2. The molecule has 5 heteroatoms. The van der Waals surface area contributed by atoms with E-state index in [1.807, 2.05) is 49.4 Å². The van der Waals surface area contributed by atoms with Crippen LogP contribution in [0, 0.1) is 18.3 Å². The number of hydrogen-bond acceptors (Lipinski definition) is 5. The lowest BCUT2D eigenvalue weighted by Gasteiger charge is -2.07. The highest BCUT2D eigenvalue weighted by Gasteiger charge is 2.09. The molecule has 0 unspecified atom stereocenters. The lowest BCUT2D eigenvalue weighted by molar-refractivity contribution is 0.0465. The van der Waals surface area contributed by atoms with Crippen LogP contribution in [-0.4, -0.2) is 15.9 Å². The second-order valence-corrected chi connectivity index (χ2v) is 5.54. The fourth-order valence-electron chi connectivity index (χ4n) is 2.34. The van der Waals surface area contributed by atoms with Crippen molar-refractivity contribution in [3.05, 3.63) is 83.4 Å². The molecule has 122 valence electrons. The lowest BCUT2D eigenvalue weighted by Crippen LogP contribution is -2.07. The van der Waals surface area contributed by atoms with E-state index in [1.54, 1.807) is 24.5 Å². The number of aromatic nitrogens is 2. The van der Waals surface area contributed by atoms with E-state index in [0.717, 1.165) is 22.3 Å². The number of carbonyl (C=O) groups excluding carboxylic acids is 1. The largest absolute Gasteiger partial charge is 0.456 e. The molecule has 1 aromatic carbocycles. The zero-order chi connectivity index (χ0) is 17.6. The Balaban J connectivity index is 1.71. The Morgan fingerprint density at radius 3 is 2.72 bits per heavy atom. The van der Waals surface area contributed by atoms with Gasteiger partial charge >= 0.3 is 5.97 Å². The number of rotatable bonds is 4. The minimum atomic E-state index is -0.450. The Bertz CT molecular complexity index is 944. The van der Waals surface area contributed by atoms with Crippen molar-refractivity contribution in [2.24, 2.45) is 0 Å². The molecule has 0 atom stereocenters. The van der Waals surface area contributed by atoms with Crippen molar-refractivity contribution in [2.45, 2.75) is 13.5 Å². The van der Waals surface area contributed by atoms with E-state index in [9.17, 15) is 4.79 Å². The van der Waals surface area contributed by atoms with Crippen LogP contribution >= 0.6 is 0 Å². The molecule has 3 rings (SSSR count). The summed E-state index contributed by atoms with van der Waals surface area (Å²) in [6.45, 7) is 2.06. The molecule has 3 aromatic rings. The minimum absolute atomic E-state index is 0.159. The van der Waals surface area contributed by atoms with Crippen LogP contribution in [0.3, 0.4) is 0 Å². The van der Waals surface area contributed by atoms with Crippen molar-refractivity contribution in [2.75, 3.05) is 0 Å². The Morgan fingerprint density at radius 1 is 1.12 bits per heavy atom. The Kier molecular flexibility index (Phi) is 4.82. The van der Waals surface area contributed by atoms with Crippen molar-refractivity contribution in [1.82, 2.24) is 9.97 Å². The number of nitriles is 1. The Morgan fingerprint density at radius 2 is 2.00 bits per heavy atom. The molecule has 25 heavy (non-hydrogen) atoms. The first kappa shape index (κ1) is 16.3. The third-order valence-corrected chi connectivity index (χ3v) is 3.63. The second-order valence-electron chi connectivity index (χ2n) is 5.54. The molecule has 0 aliphatic rings. The predicted octanol–water partition coefficient (Wildman–Crippen LogP) is 3.68. The van der Waals surface area contributed by atoms with Gasteiger partial charge in [-0.25, -0.2) is 14.8 Å². The van der Waals surface area contributed by atoms with E-state index in [4.69, 9.17) is 10.00 Å². The topological polar surface area (TPSA) is 75.9 Å². The number of ether oxygens (including phenoxy) is 1. The fourth-order valence-corrected chi connectivity index (χ4v) is 2.34. The van der Waals surface area contributed by atoms with Gasteiger partial charge in [0.1, 0.15) is 24.1 Å². The van der Waals surface area contributed by atoms with E-state index in [-0.39, 0.29) is 6.61 Å². The Hall–Kier alpha value is -3.52. The van der Waals surface area contributed by atoms with Crippen molar-refractivity contribution in [3.8, 4) is 17.2 Å². The molecule has 0 aliphatic heterocycles. The number of carbonyl (C=O) groups is 1. The molecule has 0 aliphatic carbocycles. The number of benzene rings is 1. The first-order chi connectivity index (χ1) is 12.2. The first-order valence-corrected chi connectivity index (χ1v) is 7.71. The zero-order valence-corrected chi connectivity index (χ0v) is 13.6. The molecule has 0 saturated heterocycles. The third-order valence-electron chi connectivity index (χ3n) is 3.63. The van der Waals surface area contributed by atoms with E-state index in [2.05, 4.69) is 9.97 Å². The van der Waals surface area contributed by atoms with Crippen LogP contribution in [-0.2, 0) is 11.3 Å². The summed E-state index contributed by atoms with van der Waals surface area (Å²) in [5, 5.41) is 8.81. The molecule has 2 aromatic heterocycles. The van der Waals surface area contributed by atoms with Gasteiger partial charge in [0.2, 0.25) is 0 Å². The second kappa shape index (κ2) is 7.37. The molecular formula is C20H15N3O2. The van der Waals surface area contributed by atoms with Crippen molar-refractivity contribution < 1.29 is 9.53 Å². The maximum atomic E-state index is 12.1. The maximum Gasteiger partial charge on any atom is 0.357 e. The molecule has 0 bridgehead atoms. The average molecular weight is 329 g/mol. The van der Waals surface area contributed by atoms with Crippen molar-refractivity contribution in [1.29, 1.82) is 5.26 Å². The minimum Gasteiger partial charge on any atom is -0.456 e. The van der Waals surface area contributed by atoms with Crippen LogP contribution in [0.1, 0.15) is 27.3 Å². The summed E-state index contributed by atoms with van der Waals surface area (Å²) in [6.07, 6.45) is 3.24. The summed E-state index contributed by atoms with van der Waals surface area (Å²) in [5.41, 5.74) is 4.33. The standard InChI is InChI=1S/C20H15N3O2/c1-14-7-8-22-19(9-14)20(24)25-13-15-3-2-4-16(10-15)17-5-6-18(11-21)23-12-17/h2-10,12H,13H2,1H3. The summed E-state index contributed by atoms with van der Waals surface area (Å²) in [5.74, 6) is -0.450. The molecule has 0 fully saturated rings. The number of esters is 1. The van der Waals surface area contributed by atoms with Crippen LogP contribution in [0.2, 0.25) is 0 Å². The monoisotopic (exact) mass is 329 g/mol. The molecule has 0 amide bonds. The van der Waals surface area contributed by atoms with Gasteiger partial charge in [-0.3, -0.25) is 0 Å². The van der Waals surface area contributed by atoms with Crippen molar-refractivity contribution >= 4 is 5.97 Å². The van der Waals surface area contributed by atoms with Gasteiger partial charge in [-0.1, -0.05) is 18.2 Å². The van der Waals surface area contributed by atoms with Crippen LogP contribution in [0.4, 0.5) is 0 Å². The molecular weight excluding hydrogens is 314 g/mol. The summed E-state index contributed by atoms with van der Waals surface area (Å²) in [7, 11) is 0. The van der Waals surface area contributed by atoms with E-state index in [1.165, 1.54) is 0 Å². The van der Waals surface area contributed by atoms with Gasteiger partial charge < -0.3 is 4.74 Å². The number of hydrogen-bond donors (Lipinski definition) is 0. The SMILES string of the molecule is Cc1ccnc(C(=O)OCc2cccc(-c3ccc(C#N)nc3)c2)c1. The third kappa shape index (κ3) is 4.06. The highest BCUT2D eigenvalue weighted by molar-refractivity contribution is 5.87. The summed E-state index contributed by atoms with van der Waals surface area (Å²) < 4.78 is 5.34. The predicted molar refractivity (Wildman–Crippen MR) is 92.5 cm³/mol. The molecule has 0 saturated carbocycles. The zero-order valence-electron chi connectivity index (χ0n) is 13.6. The van der Waals surface area contributed by atoms with Gasteiger partial charge in [-0.05, 0) is 53.9 Å². The van der Waals surface area contributed by atoms with Crippen LogP contribution in [0.5, 0.6) is 0 Å². The number of pyridine rings is 2. The summed E-state index contributed by atoms with van der Waals surface area (Å²) in [6, 6.07) is 16.7. The van der Waals surface area contributed by atoms with Gasteiger partial charge in [0, 0.05) is 18.0 Å². The quantitative estimate of drug-likeness (QED) is 0.682. The number of nitrogens with zero attached hydrogens (tertiary/aromatic N) is 3.